The van der Waals surface area contributed by atoms with E-state index in [9.17, 15) is 9.18 Å². The number of aromatic nitrogens is 1. The Bertz CT molecular complexity index is 1060. The Labute approximate surface area is 194 Å². The molecule has 1 aromatic heterocycles. The zero-order valence-electron chi connectivity index (χ0n) is 19.5. The number of benzene rings is 2. The highest BCUT2D eigenvalue weighted by Gasteiger charge is 2.29. The Balaban J connectivity index is 1.74. The number of amides is 1. The van der Waals surface area contributed by atoms with Gasteiger partial charge in [0.05, 0.1) is 12.1 Å². The number of halogens is 1. The van der Waals surface area contributed by atoms with Crippen molar-refractivity contribution >= 4 is 11.8 Å². The lowest BCUT2D eigenvalue weighted by Crippen LogP contribution is -2.45. The number of likely N-dealkylation sites (N-methyl/N-ethyl adjacent to an activating group) is 1. The lowest BCUT2D eigenvalue weighted by molar-refractivity contribution is 0.0672. The first-order valence-corrected chi connectivity index (χ1v) is 11.5. The van der Waals surface area contributed by atoms with Crippen molar-refractivity contribution in [3.8, 4) is 11.3 Å². The number of rotatable bonds is 7. The summed E-state index contributed by atoms with van der Waals surface area (Å²) in [5.41, 5.74) is 2.93. The molecule has 1 fully saturated rings. The summed E-state index contributed by atoms with van der Waals surface area (Å²) in [4.78, 5) is 19.9. The van der Waals surface area contributed by atoms with E-state index in [0.717, 1.165) is 43.7 Å². The third-order valence-corrected chi connectivity index (χ3v) is 6.41. The van der Waals surface area contributed by atoms with E-state index in [2.05, 4.69) is 35.9 Å². The summed E-state index contributed by atoms with van der Waals surface area (Å²) in [6, 6.07) is 15.6. The largest absolute Gasteiger partial charge is 0.338 e. The van der Waals surface area contributed by atoms with Gasteiger partial charge < -0.3 is 19.2 Å². The van der Waals surface area contributed by atoms with Crippen molar-refractivity contribution in [2.75, 3.05) is 38.1 Å². The van der Waals surface area contributed by atoms with Crippen molar-refractivity contribution < 1.29 is 13.7 Å². The summed E-state index contributed by atoms with van der Waals surface area (Å²) in [5.74, 6) is 0.362. The summed E-state index contributed by atoms with van der Waals surface area (Å²) < 4.78 is 19.5. The number of piperazine rings is 1. The fourth-order valence-electron chi connectivity index (χ4n) is 4.10. The van der Waals surface area contributed by atoms with Gasteiger partial charge in [-0.05, 0) is 56.8 Å². The van der Waals surface area contributed by atoms with Gasteiger partial charge in [-0.25, -0.2) is 4.39 Å². The van der Waals surface area contributed by atoms with Crippen LogP contribution < -0.4 is 4.90 Å². The van der Waals surface area contributed by atoms with Crippen LogP contribution in [0.4, 0.5) is 10.3 Å². The van der Waals surface area contributed by atoms with Crippen molar-refractivity contribution in [2.45, 2.75) is 32.9 Å². The Morgan fingerprint density at radius 2 is 1.76 bits per heavy atom. The summed E-state index contributed by atoms with van der Waals surface area (Å²) in [7, 11) is 2.10. The van der Waals surface area contributed by atoms with E-state index in [1.165, 1.54) is 12.1 Å². The summed E-state index contributed by atoms with van der Waals surface area (Å²) in [6.45, 7) is 7.97. The average Bonchev–Trinajstić information content (AvgIpc) is 3.26. The zero-order chi connectivity index (χ0) is 23.4. The maximum Gasteiger partial charge on any atom is 0.254 e. The standard InChI is InChI=1S/C26H31FN4O2/c1-4-19(2)31(25(32)21-8-6-5-7-9-21)18-23-24(20-10-12-22(27)13-11-20)28-33-26(23)30-16-14-29(3)15-17-30/h5-13,19H,4,14-18H2,1-3H3/t19-/m1/s1. The number of anilines is 1. The monoisotopic (exact) mass is 450 g/mol. The lowest BCUT2D eigenvalue weighted by Gasteiger charge is -2.33. The van der Waals surface area contributed by atoms with Gasteiger partial charge in [0, 0.05) is 43.3 Å². The Morgan fingerprint density at radius 1 is 1.09 bits per heavy atom. The van der Waals surface area contributed by atoms with Crippen molar-refractivity contribution in [1.82, 2.24) is 15.0 Å². The molecular weight excluding hydrogens is 419 g/mol. The molecular formula is C26H31FN4O2. The van der Waals surface area contributed by atoms with Gasteiger partial charge in [-0.2, -0.15) is 0 Å². The van der Waals surface area contributed by atoms with Crippen LogP contribution in [-0.2, 0) is 6.54 Å². The van der Waals surface area contributed by atoms with E-state index < -0.39 is 0 Å². The molecule has 0 aliphatic carbocycles. The molecule has 2 heterocycles. The Morgan fingerprint density at radius 3 is 2.39 bits per heavy atom. The van der Waals surface area contributed by atoms with Gasteiger partial charge >= 0.3 is 0 Å². The minimum Gasteiger partial charge on any atom is -0.338 e. The van der Waals surface area contributed by atoms with Crippen LogP contribution in [0.3, 0.4) is 0 Å². The molecule has 1 saturated heterocycles. The summed E-state index contributed by atoms with van der Waals surface area (Å²) in [5, 5.41) is 4.39. The van der Waals surface area contributed by atoms with E-state index >= 15 is 0 Å². The third kappa shape index (κ3) is 5.09. The van der Waals surface area contributed by atoms with Crippen LogP contribution in [0.25, 0.3) is 11.3 Å². The summed E-state index contributed by atoms with van der Waals surface area (Å²) >= 11 is 0. The van der Waals surface area contributed by atoms with Crippen LogP contribution >= 0.6 is 0 Å². The van der Waals surface area contributed by atoms with Gasteiger partial charge in [-0.1, -0.05) is 30.3 Å². The summed E-state index contributed by atoms with van der Waals surface area (Å²) in [6.07, 6.45) is 0.819. The first-order chi connectivity index (χ1) is 16.0. The Hall–Kier alpha value is -3.19. The topological polar surface area (TPSA) is 52.8 Å². The van der Waals surface area contributed by atoms with Gasteiger partial charge in [-0.3, -0.25) is 4.79 Å². The fraction of sp³-hybridized carbons (Fsp3) is 0.385. The SMILES string of the molecule is CC[C@@H](C)N(Cc1c(-c2ccc(F)cc2)noc1N1CCN(C)CC1)C(=O)c1ccccc1. The normalized spacial score (nSPS) is 15.5. The molecule has 1 atom stereocenters. The van der Waals surface area contributed by atoms with E-state index in [0.29, 0.717) is 23.7 Å². The highest BCUT2D eigenvalue weighted by molar-refractivity contribution is 5.94. The highest BCUT2D eigenvalue weighted by Crippen LogP contribution is 2.34. The van der Waals surface area contributed by atoms with Gasteiger partial charge in [0.15, 0.2) is 0 Å². The number of hydrogen-bond donors (Lipinski definition) is 0. The Kier molecular flexibility index (Phi) is 7.08. The molecule has 33 heavy (non-hydrogen) atoms. The molecule has 0 unspecified atom stereocenters. The maximum atomic E-state index is 13.6. The lowest BCUT2D eigenvalue weighted by atomic mass is 10.0. The van der Waals surface area contributed by atoms with Gasteiger partial charge in [0.25, 0.3) is 5.91 Å². The molecule has 0 radical (unpaired) electrons. The maximum absolute atomic E-state index is 13.6. The molecule has 7 heteroatoms. The molecule has 0 spiro atoms. The van der Waals surface area contributed by atoms with Crippen LogP contribution in [0.5, 0.6) is 0 Å². The molecule has 2 aromatic carbocycles. The van der Waals surface area contributed by atoms with Crippen molar-refractivity contribution in [2.24, 2.45) is 0 Å². The molecule has 1 aliphatic heterocycles. The number of hydrogen-bond acceptors (Lipinski definition) is 5. The average molecular weight is 451 g/mol. The third-order valence-electron chi connectivity index (χ3n) is 6.41. The molecule has 4 rings (SSSR count). The predicted octanol–water partition coefficient (Wildman–Crippen LogP) is 4.67. The van der Waals surface area contributed by atoms with Crippen LogP contribution in [0, 0.1) is 5.82 Å². The van der Waals surface area contributed by atoms with Crippen LogP contribution in [0.2, 0.25) is 0 Å². The van der Waals surface area contributed by atoms with Crippen LogP contribution in [0.15, 0.2) is 59.1 Å². The van der Waals surface area contributed by atoms with Gasteiger partial charge in [-0.15, -0.1) is 0 Å². The number of carbonyl (C=O) groups excluding carboxylic acids is 1. The molecule has 0 bridgehead atoms. The van der Waals surface area contributed by atoms with E-state index in [1.54, 1.807) is 12.1 Å². The van der Waals surface area contributed by atoms with Crippen molar-refractivity contribution in [3.63, 3.8) is 0 Å². The minimum atomic E-state index is -0.302. The zero-order valence-corrected chi connectivity index (χ0v) is 19.5. The number of carbonyl (C=O) groups is 1. The second-order valence-electron chi connectivity index (χ2n) is 8.67. The van der Waals surface area contributed by atoms with Crippen LogP contribution in [-0.4, -0.2) is 60.1 Å². The van der Waals surface area contributed by atoms with E-state index in [4.69, 9.17) is 4.52 Å². The molecule has 6 nitrogen and oxygen atoms in total. The number of nitrogens with zero attached hydrogens (tertiary/aromatic N) is 4. The first kappa shape index (κ1) is 23.0. The van der Waals surface area contributed by atoms with Gasteiger partial charge in [0.2, 0.25) is 5.88 Å². The fourth-order valence-corrected chi connectivity index (χ4v) is 4.10. The molecule has 1 amide bonds. The molecule has 3 aromatic rings. The molecule has 0 N–H and O–H groups in total. The van der Waals surface area contributed by atoms with Crippen molar-refractivity contribution in [3.05, 3.63) is 71.5 Å². The quantitative estimate of drug-likeness (QED) is 0.524. The second-order valence-corrected chi connectivity index (χ2v) is 8.67. The highest BCUT2D eigenvalue weighted by atomic mass is 19.1. The van der Waals surface area contributed by atoms with E-state index in [-0.39, 0.29) is 17.8 Å². The van der Waals surface area contributed by atoms with Gasteiger partial charge in [0.1, 0.15) is 11.5 Å². The van der Waals surface area contributed by atoms with E-state index in [1.807, 2.05) is 35.2 Å². The minimum absolute atomic E-state index is 0.0222. The second kappa shape index (κ2) is 10.2. The smallest absolute Gasteiger partial charge is 0.254 e. The molecule has 1 aliphatic rings. The molecule has 0 saturated carbocycles. The first-order valence-electron chi connectivity index (χ1n) is 11.5. The predicted molar refractivity (Wildman–Crippen MR) is 128 cm³/mol. The van der Waals surface area contributed by atoms with Crippen molar-refractivity contribution in [1.29, 1.82) is 0 Å². The van der Waals surface area contributed by atoms with Crippen LogP contribution in [0.1, 0.15) is 36.2 Å². The molecule has 174 valence electrons.